The molecule has 0 aliphatic heterocycles. The highest BCUT2D eigenvalue weighted by Crippen LogP contribution is 2.21. The van der Waals surface area contributed by atoms with Gasteiger partial charge in [0.25, 0.3) is 0 Å². The van der Waals surface area contributed by atoms with E-state index in [2.05, 4.69) is 4.74 Å². The lowest BCUT2D eigenvalue weighted by molar-refractivity contribution is -0.154. The molecule has 0 aromatic carbocycles. The lowest BCUT2D eigenvalue weighted by Gasteiger charge is -2.19. The van der Waals surface area contributed by atoms with Crippen molar-refractivity contribution in [3.05, 3.63) is 0 Å². The molecule has 0 rings (SSSR count). The largest absolute Gasteiger partial charge is 0.462 e. The average Bonchev–Trinajstić information content (AvgIpc) is 2.00. The van der Waals surface area contributed by atoms with E-state index in [0.29, 0.717) is 6.42 Å². The first-order valence-corrected chi connectivity index (χ1v) is 3.77. The second-order valence-electron chi connectivity index (χ2n) is 3.06. The fourth-order valence-corrected chi connectivity index (χ4v) is 0.471. The third-order valence-corrected chi connectivity index (χ3v) is 1.75. The molecule has 0 aliphatic rings. The van der Waals surface area contributed by atoms with E-state index in [-0.39, 0.29) is 12.6 Å². The molecule has 0 aromatic rings. The van der Waals surface area contributed by atoms with Crippen LogP contribution in [0.25, 0.3) is 0 Å². The summed E-state index contributed by atoms with van der Waals surface area (Å²) in [6, 6.07) is 0. The van der Waals surface area contributed by atoms with Crippen LogP contribution in [0.5, 0.6) is 0 Å². The fraction of sp³-hybridized carbons (Fsp3) is 0.875. The lowest BCUT2D eigenvalue weighted by Crippen LogP contribution is -2.26. The Kier molecular flexibility index (Phi) is 4.08. The Morgan fingerprint density at radius 1 is 1.55 bits per heavy atom. The number of hydrogen-bond donors (Lipinski definition) is 0. The molecule has 0 heterocycles. The first-order valence-electron chi connectivity index (χ1n) is 3.77. The first kappa shape index (κ1) is 10.4. The molecule has 0 atom stereocenters. The van der Waals surface area contributed by atoms with Crippen LogP contribution in [0, 0.1) is 5.41 Å². The number of alkyl halides is 1. The Bertz CT molecular complexity index is 132. The molecule has 0 radical (unpaired) electrons. The van der Waals surface area contributed by atoms with Gasteiger partial charge in [0, 0.05) is 0 Å². The van der Waals surface area contributed by atoms with Crippen LogP contribution in [-0.4, -0.2) is 19.3 Å². The van der Waals surface area contributed by atoms with Crippen LogP contribution in [0.2, 0.25) is 0 Å². The van der Waals surface area contributed by atoms with Gasteiger partial charge in [0.1, 0.15) is 13.3 Å². The van der Waals surface area contributed by atoms with Crippen molar-refractivity contribution in [1.29, 1.82) is 0 Å². The summed E-state index contributed by atoms with van der Waals surface area (Å²) < 4.78 is 16.2. The fourth-order valence-electron chi connectivity index (χ4n) is 0.471. The molecule has 0 amide bonds. The SMILES string of the molecule is CCC(C)(C)C(=O)OCCF. The Hall–Kier alpha value is -0.600. The van der Waals surface area contributed by atoms with Gasteiger partial charge in [-0.1, -0.05) is 6.92 Å². The van der Waals surface area contributed by atoms with Gasteiger partial charge in [-0.3, -0.25) is 4.79 Å². The molecule has 0 N–H and O–H groups in total. The Labute approximate surface area is 66.7 Å². The van der Waals surface area contributed by atoms with E-state index in [0.717, 1.165) is 0 Å². The monoisotopic (exact) mass is 162 g/mol. The van der Waals surface area contributed by atoms with E-state index in [9.17, 15) is 9.18 Å². The van der Waals surface area contributed by atoms with Gasteiger partial charge in [0.05, 0.1) is 5.41 Å². The maximum absolute atomic E-state index is 11.6. The summed E-state index contributed by atoms with van der Waals surface area (Å²) in [6.45, 7) is 4.74. The summed E-state index contributed by atoms with van der Waals surface area (Å²) in [5.74, 6) is -0.322. The molecule has 0 bridgehead atoms. The summed E-state index contributed by atoms with van der Waals surface area (Å²) in [4.78, 5) is 11.1. The summed E-state index contributed by atoms with van der Waals surface area (Å²) >= 11 is 0. The van der Waals surface area contributed by atoms with Crippen LogP contribution >= 0.6 is 0 Å². The zero-order chi connectivity index (χ0) is 8.91. The minimum absolute atomic E-state index is 0.123. The Morgan fingerprint density at radius 3 is 2.45 bits per heavy atom. The van der Waals surface area contributed by atoms with Crippen LogP contribution < -0.4 is 0 Å². The van der Waals surface area contributed by atoms with Crippen LogP contribution in [-0.2, 0) is 9.53 Å². The standard InChI is InChI=1S/C8H15FO2/c1-4-8(2,3)7(10)11-6-5-9/h4-6H2,1-3H3. The molecule has 0 unspecified atom stereocenters. The number of hydrogen-bond acceptors (Lipinski definition) is 2. The van der Waals surface area contributed by atoms with Crippen molar-refractivity contribution < 1.29 is 13.9 Å². The highest BCUT2D eigenvalue weighted by molar-refractivity contribution is 5.75. The smallest absolute Gasteiger partial charge is 0.311 e. The molecule has 66 valence electrons. The molecule has 0 saturated carbocycles. The molecule has 2 nitrogen and oxygen atoms in total. The van der Waals surface area contributed by atoms with E-state index in [1.165, 1.54) is 0 Å². The van der Waals surface area contributed by atoms with E-state index in [4.69, 9.17) is 0 Å². The summed E-state index contributed by atoms with van der Waals surface area (Å²) in [7, 11) is 0. The molecule has 0 fully saturated rings. The van der Waals surface area contributed by atoms with E-state index >= 15 is 0 Å². The maximum Gasteiger partial charge on any atom is 0.311 e. The minimum Gasteiger partial charge on any atom is -0.462 e. The zero-order valence-electron chi connectivity index (χ0n) is 7.32. The number of esters is 1. The summed E-state index contributed by atoms with van der Waals surface area (Å²) in [6.07, 6.45) is 0.706. The van der Waals surface area contributed by atoms with Crippen molar-refractivity contribution >= 4 is 5.97 Å². The van der Waals surface area contributed by atoms with Crippen LogP contribution in [0.1, 0.15) is 27.2 Å². The first-order chi connectivity index (χ1) is 5.04. The number of halogens is 1. The van der Waals surface area contributed by atoms with E-state index in [1.54, 1.807) is 13.8 Å². The van der Waals surface area contributed by atoms with E-state index in [1.807, 2.05) is 6.92 Å². The second-order valence-corrected chi connectivity index (χ2v) is 3.06. The second kappa shape index (κ2) is 4.31. The quantitative estimate of drug-likeness (QED) is 0.590. The van der Waals surface area contributed by atoms with Crippen molar-refractivity contribution in [1.82, 2.24) is 0 Å². The third-order valence-electron chi connectivity index (χ3n) is 1.75. The third kappa shape index (κ3) is 3.35. The average molecular weight is 162 g/mol. The highest BCUT2D eigenvalue weighted by atomic mass is 19.1. The number of rotatable bonds is 4. The van der Waals surface area contributed by atoms with Gasteiger partial charge in [-0.05, 0) is 20.3 Å². The topological polar surface area (TPSA) is 26.3 Å². The van der Waals surface area contributed by atoms with Gasteiger partial charge in [-0.15, -0.1) is 0 Å². The molecule has 0 aliphatic carbocycles. The van der Waals surface area contributed by atoms with Crippen molar-refractivity contribution in [2.45, 2.75) is 27.2 Å². The maximum atomic E-state index is 11.6. The predicted octanol–water partition coefficient (Wildman–Crippen LogP) is 1.94. The van der Waals surface area contributed by atoms with Gasteiger partial charge in [0.15, 0.2) is 0 Å². The summed E-state index contributed by atoms with van der Waals surface area (Å²) in [5.41, 5.74) is -0.477. The highest BCUT2D eigenvalue weighted by Gasteiger charge is 2.26. The normalized spacial score (nSPS) is 11.3. The van der Waals surface area contributed by atoms with Gasteiger partial charge in [0.2, 0.25) is 0 Å². The lowest BCUT2D eigenvalue weighted by atomic mass is 9.91. The molecule has 0 saturated heterocycles. The molecule has 11 heavy (non-hydrogen) atoms. The van der Waals surface area contributed by atoms with Crippen molar-refractivity contribution in [2.75, 3.05) is 13.3 Å². The Balaban J connectivity index is 3.82. The van der Waals surface area contributed by atoms with Gasteiger partial charge in [-0.25, -0.2) is 4.39 Å². The van der Waals surface area contributed by atoms with Crippen molar-refractivity contribution in [3.63, 3.8) is 0 Å². The predicted molar refractivity (Wildman–Crippen MR) is 41.0 cm³/mol. The molecular formula is C8H15FO2. The zero-order valence-corrected chi connectivity index (χ0v) is 7.32. The van der Waals surface area contributed by atoms with Gasteiger partial charge in [-0.2, -0.15) is 0 Å². The molecular weight excluding hydrogens is 147 g/mol. The number of carbonyl (C=O) groups is 1. The van der Waals surface area contributed by atoms with Gasteiger partial charge >= 0.3 is 5.97 Å². The number of ether oxygens (including phenoxy) is 1. The van der Waals surface area contributed by atoms with Gasteiger partial charge < -0.3 is 4.74 Å². The minimum atomic E-state index is -0.606. The molecule has 0 aromatic heterocycles. The number of carbonyl (C=O) groups excluding carboxylic acids is 1. The van der Waals surface area contributed by atoms with Crippen LogP contribution in [0.3, 0.4) is 0 Å². The van der Waals surface area contributed by atoms with E-state index < -0.39 is 12.1 Å². The van der Waals surface area contributed by atoms with Crippen molar-refractivity contribution in [3.8, 4) is 0 Å². The Morgan fingerprint density at radius 2 is 2.09 bits per heavy atom. The molecule has 3 heteroatoms. The van der Waals surface area contributed by atoms with Crippen molar-refractivity contribution in [2.24, 2.45) is 5.41 Å². The molecule has 0 spiro atoms. The van der Waals surface area contributed by atoms with Crippen LogP contribution in [0.15, 0.2) is 0 Å². The summed E-state index contributed by atoms with van der Waals surface area (Å²) in [5, 5.41) is 0. The van der Waals surface area contributed by atoms with Crippen LogP contribution in [0.4, 0.5) is 4.39 Å².